The second-order valence-corrected chi connectivity index (χ2v) is 7.79. The van der Waals surface area contributed by atoms with Crippen molar-refractivity contribution >= 4 is 35.1 Å². The number of nitrogens with one attached hydrogen (secondary N) is 1. The van der Waals surface area contributed by atoms with E-state index in [4.69, 9.17) is 21.6 Å². The van der Waals surface area contributed by atoms with E-state index in [1.807, 2.05) is 13.0 Å². The Morgan fingerprint density at radius 3 is 2.45 bits per heavy atom. The molecule has 0 aliphatic carbocycles. The minimum atomic E-state index is -0.994. The van der Waals surface area contributed by atoms with Crippen LogP contribution in [0.25, 0.3) is 0 Å². The molecule has 2 aromatic rings. The van der Waals surface area contributed by atoms with Gasteiger partial charge in [-0.25, -0.2) is 9.18 Å². The number of hydrogen-bond donors (Lipinski definition) is 1. The fraction of sp³-hybridized carbons (Fsp3) is 0.333. The van der Waals surface area contributed by atoms with Crippen LogP contribution in [0.2, 0.25) is 5.02 Å². The van der Waals surface area contributed by atoms with Crippen molar-refractivity contribution in [3.63, 3.8) is 0 Å². The third-order valence-electron chi connectivity index (χ3n) is 5.09. The summed E-state index contributed by atoms with van der Waals surface area (Å²) in [6.45, 7) is 2.90. The molecule has 0 heterocycles. The first kappa shape index (κ1) is 25.8. The Labute approximate surface area is 197 Å². The summed E-state index contributed by atoms with van der Waals surface area (Å²) in [5, 5.41) is 12.0. The molecule has 0 bridgehead atoms. The maximum Gasteiger partial charge on any atom is 0.329 e. The molecule has 7 nitrogen and oxygen atoms in total. The number of carbonyl (C=O) groups excluding carboxylic acids is 3. The average Bonchev–Trinajstić information content (AvgIpc) is 2.82. The van der Waals surface area contributed by atoms with E-state index in [1.165, 1.54) is 30.3 Å². The number of nitriles is 1. The Hall–Kier alpha value is -3.44. The van der Waals surface area contributed by atoms with E-state index >= 15 is 0 Å². The molecule has 33 heavy (non-hydrogen) atoms. The van der Waals surface area contributed by atoms with Gasteiger partial charge in [0.05, 0.1) is 18.2 Å². The van der Waals surface area contributed by atoms with Crippen molar-refractivity contribution in [1.29, 1.82) is 5.26 Å². The molecule has 0 spiro atoms. The van der Waals surface area contributed by atoms with E-state index < -0.39 is 36.2 Å². The van der Waals surface area contributed by atoms with E-state index in [9.17, 15) is 18.8 Å². The standard InChI is InChI=1S/C24H25ClFN3O4/c1-3-16(2)22(28-23(31)17-9-11-18(25)12-10-17)24(32)33-15-21(30)29(14-6-13-27)20-8-5-4-7-19(20)26/h4-5,7-12,16,22H,3,6,14-15H2,1-2H3,(H,28,31). The number of benzene rings is 2. The molecule has 0 radical (unpaired) electrons. The fourth-order valence-corrected chi connectivity index (χ4v) is 3.13. The van der Waals surface area contributed by atoms with Crippen LogP contribution in [0, 0.1) is 23.1 Å². The monoisotopic (exact) mass is 473 g/mol. The van der Waals surface area contributed by atoms with Crippen LogP contribution in [0.1, 0.15) is 37.0 Å². The van der Waals surface area contributed by atoms with Gasteiger partial charge in [-0.05, 0) is 42.3 Å². The van der Waals surface area contributed by atoms with Crippen LogP contribution >= 0.6 is 11.6 Å². The molecule has 9 heteroatoms. The lowest BCUT2D eigenvalue weighted by atomic mass is 9.99. The average molecular weight is 474 g/mol. The number of ether oxygens (including phenoxy) is 1. The second-order valence-electron chi connectivity index (χ2n) is 7.36. The van der Waals surface area contributed by atoms with Gasteiger partial charge >= 0.3 is 5.97 Å². The number of rotatable bonds is 10. The van der Waals surface area contributed by atoms with Gasteiger partial charge in [0, 0.05) is 17.1 Å². The number of hydrogen-bond acceptors (Lipinski definition) is 5. The van der Waals surface area contributed by atoms with Crippen molar-refractivity contribution in [2.75, 3.05) is 18.1 Å². The molecule has 2 rings (SSSR count). The van der Waals surface area contributed by atoms with Crippen LogP contribution in [0.4, 0.5) is 10.1 Å². The van der Waals surface area contributed by atoms with E-state index in [1.54, 1.807) is 25.1 Å². The molecule has 0 fully saturated rings. The molecular formula is C24H25ClFN3O4. The Morgan fingerprint density at radius 1 is 1.18 bits per heavy atom. The van der Waals surface area contributed by atoms with E-state index in [-0.39, 0.29) is 24.6 Å². The first-order chi connectivity index (χ1) is 15.8. The van der Waals surface area contributed by atoms with Gasteiger partial charge in [0.1, 0.15) is 11.9 Å². The predicted octanol–water partition coefficient (Wildman–Crippen LogP) is 4.11. The zero-order valence-electron chi connectivity index (χ0n) is 18.4. The highest BCUT2D eigenvalue weighted by atomic mass is 35.5. The predicted molar refractivity (Wildman–Crippen MR) is 122 cm³/mol. The minimum absolute atomic E-state index is 0.0108. The molecule has 174 valence electrons. The number of halogens is 2. The molecular weight excluding hydrogens is 449 g/mol. The highest BCUT2D eigenvalue weighted by Crippen LogP contribution is 2.20. The molecule has 2 unspecified atom stereocenters. The third kappa shape index (κ3) is 7.29. The van der Waals surface area contributed by atoms with Gasteiger partial charge in [0.15, 0.2) is 6.61 Å². The summed E-state index contributed by atoms with van der Waals surface area (Å²) in [5.74, 6) is -2.86. The fourth-order valence-electron chi connectivity index (χ4n) is 3.01. The highest BCUT2D eigenvalue weighted by molar-refractivity contribution is 6.30. The van der Waals surface area contributed by atoms with Crippen molar-refractivity contribution in [2.45, 2.75) is 32.7 Å². The first-order valence-electron chi connectivity index (χ1n) is 10.4. The lowest BCUT2D eigenvalue weighted by Crippen LogP contribution is -2.47. The highest BCUT2D eigenvalue weighted by Gasteiger charge is 2.29. The summed E-state index contributed by atoms with van der Waals surface area (Å²) in [4.78, 5) is 39.1. The number of nitrogens with zero attached hydrogens (tertiary/aromatic N) is 2. The maximum absolute atomic E-state index is 14.2. The van der Waals surface area contributed by atoms with Gasteiger partial charge < -0.3 is 15.0 Å². The Balaban J connectivity index is 2.10. The largest absolute Gasteiger partial charge is 0.454 e. The summed E-state index contributed by atoms with van der Waals surface area (Å²) in [6, 6.07) is 12.7. The van der Waals surface area contributed by atoms with E-state index in [0.717, 1.165) is 4.90 Å². The number of amides is 2. The minimum Gasteiger partial charge on any atom is -0.454 e. The maximum atomic E-state index is 14.2. The van der Waals surface area contributed by atoms with Crippen LogP contribution in [0.5, 0.6) is 0 Å². The topological polar surface area (TPSA) is 99.5 Å². The number of anilines is 1. The SMILES string of the molecule is CCC(C)C(NC(=O)c1ccc(Cl)cc1)C(=O)OCC(=O)N(CCC#N)c1ccccc1F. The molecule has 0 aromatic heterocycles. The van der Waals surface area contributed by atoms with Gasteiger partial charge in [0.25, 0.3) is 11.8 Å². The molecule has 0 aliphatic rings. The van der Waals surface area contributed by atoms with Crippen LogP contribution in [0.15, 0.2) is 48.5 Å². The smallest absolute Gasteiger partial charge is 0.329 e. The molecule has 1 N–H and O–H groups in total. The van der Waals surface area contributed by atoms with E-state index in [0.29, 0.717) is 17.0 Å². The van der Waals surface area contributed by atoms with Crippen LogP contribution in [0.3, 0.4) is 0 Å². The lowest BCUT2D eigenvalue weighted by molar-refractivity contribution is -0.151. The van der Waals surface area contributed by atoms with Crippen LogP contribution in [-0.2, 0) is 14.3 Å². The molecule has 0 saturated carbocycles. The lowest BCUT2D eigenvalue weighted by Gasteiger charge is -2.25. The molecule has 2 amide bonds. The van der Waals surface area contributed by atoms with Gasteiger partial charge in [-0.3, -0.25) is 9.59 Å². The van der Waals surface area contributed by atoms with Gasteiger partial charge in [-0.15, -0.1) is 0 Å². The van der Waals surface area contributed by atoms with Crippen molar-refractivity contribution in [2.24, 2.45) is 5.92 Å². The van der Waals surface area contributed by atoms with Crippen LogP contribution < -0.4 is 10.2 Å². The Kier molecular flexibility index (Phi) is 9.83. The van der Waals surface area contributed by atoms with Crippen molar-refractivity contribution < 1.29 is 23.5 Å². The van der Waals surface area contributed by atoms with E-state index in [2.05, 4.69) is 5.32 Å². The van der Waals surface area contributed by atoms with Crippen LogP contribution in [-0.4, -0.2) is 37.0 Å². The molecule has 2 atom stereocenters. The van der Waals surface area contributed by atoms with Crippen molar-refractivity contribution in [3.8, 4) is 6.07 Å². The third-order valence-corrected chi connectivity index (χ3v) is 5.34. The summed E-state index contributed by atoms with van der Waals surface area (Å²) in [7, 11) is 0. The quantitative estimate of drug-likeness (QED) is 0.523. The zero-order chi connectivity index (χ0) is 24.4. The summed E-state index contributed by atoms with van der Waals surface area (Å²) < 4.78 is 19.4. The number of carbonyl (C=O) groups is 3. The van der Waals surface area contributed by atoms with Crippen molar-refractivity contribution in [1.82, 2.24) is 5.32 Å². The van der Waals surface area contributed by atoms with Crippen molar-refractivity contribution in [3.05, 3.63) is 64.9 Å². The molecule has 2 aromatic carbocycles. The zero-order valence-corrected chi connectivity index (χ0v) is 19.1. The van der Waals surface area contributed by atoms with Gasteiger partial charge in [-0.2, -0.15) is 5.26 Å². The van der Waals surface area contributed by atoms with Gasteiger partial charge in [-0.1, -0.05) is 44.0 Å². The molecule has 0 saturated heterocycles. The first-order valence-corrected chi connectivity index (χ1v) is 10.8. The number of para-hydroxylation sites is 1. The molecule has 0 aliphatic heterocycles. The summed E-state index contributed by atoms with van der Waals surface area (Å²) >= 11 is 5.84. The Morgan fingerprint density at radius 2 is 1.85 bits per heavy atom. The summed E-state index contributed by atoms with van der Waals surface area (Å²) in [5.41, 5.74) is 0.308. The summed E-state index contributed by atoms with van der Waals surface area (Å²) in [6.07, 6.45) is 0.540. The second kappa shape index (κ2) is 12.6. The number of esters is 1. The Bertz CT molecular complexity index is 1020. The normalized spacial score (nSPS) is 12.2. The van der Waals surface area contributed by atoms with Gasteiger partial charge in [0.2, 0.25) is 0 Å².